The molecule has 39 heavy (non-hydrogen) atoms. The van der Waals surface area contributed by atoms with E-state index in [-0.39, 0.29) is 29.9 Å². The van der Waals surface area contributed by atoms with E-state index < -0.39 is 10.0 Å². The number of amides is 1. The normalized spacial score (nSPS) is 15.6. The van der Waals surface area contributed by atoms with E-state index in [1.807, 2.05) is 54.3 Å². The second kappa shape index (κ2) is 12.0. The maximum Gasteiger partial charge on any atom is 0.243 e. The van der Waals surface area contributed by atoms with Gasteiger partial charge < -0.3 is 9.64 Å². The molecule has 0 radical (unpaired) electrons. The molecule has 8 heteroatoms. The number of ether oxygens (including phenoxy) is 1. The molecule has 1 unspecified atom stereocenters. The zero-order chi connectivity index (χ0) is 27.4. The Hall–Kier alpha value is -3.04. The minimum atomic E-state index is -3.92. The van der Waals surface area contributed by atoms with Crippen LogP contribution in [0.3, 0.4) is 0 Å². The maximum absolute atomic E-state index is 14.0. The van der Waals surface area contributed by atoms with Gasteiger partial charge in [0.2, 0.25) is 15.9 Å². The molecule has 0 saturated carbocycles. The van der Waals surface area contributed by atoms with Crippen molar-refractivity contribution in [3.05, 3.63) is 99.7 Å². The highest BCUT2D eigenvalue weighted by atomic mass is 32.2. The Morgan fingerprint density at radius 3 is 2.59 bits per heavy atom. The van der Waals surface area contributed by atoms with Crippen molar-refractivity contribution in [3.8, 4) is 0 Å². The van der Waals surface area contributed by atoms with Gasteiger partial charge in [-0.2, -0.15) is 4.31 Å². The van der Waals surface area contributed by atoms with Crippen LogP contribution in [-0.4, -0.2) is 56.4 Å². The van der Waals surface area contributed by atoms with E-state index in [4.69, 9.17) is 4.74 Å². The van der Waals surface area contributed by atoms with E-state index in [0.29, 0.717) is 26.2 Å². The molecule has 2 heterocycles. The maximum atomic E-state index is 14.0. The predicted octanol–water partition coefficient (Wildman–Crippen LogP) is 5.80. The van der Waals surface area contributed by atoms with Crippen molar-refractivity contribution in [1.82, 2.24) is 9.21 Å². The fourth-order valence-corrected chi connectivity index (χ4v) is 7.67. The first-order chi connectivity index (χ1) is 18.9. The Morgan fingerprint density at radius 2 is 1.79 bits per heavy atom. The van der Waals surface area contributed by atoms with Gasteiger partial charge in [-0.15, -0.1) is 11.3 Å². The van der Waals surface area contributed by atoms with Gasteiger partial charge >= 0.3 is 0 Å². The number of fused-ring (bicyclic) bond motifs is 2. The first kappa shape index (κ1) is 27.5. The van der Waals surface area contributed by atoms with Gasteiger partial charge in [-0.05, 0) is 77.7 Å². The molecule has 1 aliphatic rings. The van der Waals surface area contributed by atoms with Crippen LogP contribution < -0.4 is 0 Å². The molecule has 0 saturated heterocycles. The third-order valence-corrected chi connectivity index (χ3v) is 10.2. The molecule has 1 aliphatic heterocycles. The molecule has 1 atom stereocenters. The second-order valence-electron chi connectivity index (χ2n) is 9.79. The molecule has 204 valence electrons. The Balaban J connectivity index is 1.47. The molecular formula is C31H34N2O4S2. The average molecular weight is 563 g/mol. The SMILES string of the molecule is CCOCCCN(CC(=O)N1CCc2sccc2C1c1ccccc1C)S(=O)(=O)c1ccc2ccccc2c1. The van der Waals surface area contributed by atoms with Crippen LogP contribution in [0.15, 0.2) is 83.1 Å². The van der Waals surface area contributed by atoms with Crippen molar-refractivity contribution in [3.63, 3.8) is 0 Å². The number of aryl methyl sites for hydroxylation is 1. The molecule has 3 aromatic carbocycles. The molecule has 0 aliphatic carbocycles. The lowest BCUT2D eigenvalue weighted by Gasteiger charge is -2.38. The van der Waals surface area contributed by atoms with Crippen LogP contribution in [0.4, 0.5) is 0 Å². The van der Waals surface area contributed by atoms with Gasteiger partial charge in [0, 0.05) is 31.2 Å². The number of nitrogens with zero attached hydrogens (tertiary/aromatic N) is 2. The molecule has 0 spiro atoms. The van der Waals surface area contributed by atoms with Gasteiger partial charge in [-0.3, -0.25) is 4.79 Å². The Labute approximate surface area is 234 Å². The quantitative estimate of drug-likeness (QED) is 0.229. The second-order valence-corrected chi connectivity index (χ2v) is 12.7. The van der Waals surface area contributed by atoms with E-state index in [1.165, 1.54) is 9.18 Å². The summed E-state index contributed by atoms with van der Waals surface area (Å²) in [7, 11) is -3.92. The average Bonchev–Trinajstić information content (AvgIpc) is 3.43. The lowest BCUT2D eigenvalue weighted by molar-refractivity contribution is -0.133. The molecule has 6 nitrogen and oxygen atoms in total. The Kier molecular flexibility index (Phi) is 8.47. The fourth-order valence-electron chi connectivity index (χ4n) is 5.30. The van der Waals surface area contributed by atoms with E-state index in [2.05, 4.69) is 30.5 Å². The number of rotatable bonds is 10. The Morgan fingerprint density at radius 1 is 1.03 bits per heavy atom. The zero-order valence-electron chi connectivity index (χ0n) is 22.4. The van der Waals surface area contributed by atoms with E-state index in [9.17, 15) is 13.2 Å². The third-order valence-electron chi connectivity index (χ3n) is 7.34. The molecule has 4 aromatic rings. The summed E-state index contributed by atoms with van der Waals surface area (Å²) in [5.41, 5.74) is 3.32. The summed E-state index contributed by atoms with van der Waals surface area (Å²) in [5, 5.41) is 3.89. The van der Waals surface area contributed by atoms with Crippen molar-refractivity contribution in [2.24, 2.45) is 0 Å². The number of hydrogen-bond acceptors (Lipinski definition) is 5. The minimum Gasteiger partial charge on any atom is -0.382 e. The Bertz CT molecular complexity index is 1560. The van der Waals surface area contributed by atoms with E-state index in [0.717, 1.165) is 33.9 Å². The highest BCUT2D eigenvalue weighted by Gasteiger charge is 2.36. The van der Waals surface area contributed by atoms with Crippen LogP contribution in [0.1, 0.15) is 41.0 Å². The summed E-state index contributed by atoms with van der Waals surface area (Å²) in [6, 6.07) is 22.8. The summed E-state index contributed by atoms with van der Waals surface area (Å²) in [6.07, 6.45) is 1.27. The molecule has 5 rings (SSSR count). The number of benzene rings is 3. The number of carbonyl (C=O) groups is 1. The minimum absolute atomic E-state index is 0.194. The van der Waals surface area contributed by atoms with Crippen LogP contribution >= 0.6 is 11.3 Å². The van der Waals surface area contributed by atoms with Crippen molar-refractivity contribution < 1.29 is 17.9 Å². The lowest BCUT2D eigenvalue weighted by Crippen LogP contribution is -2.47. The number of hydrogen-bond donors (Lipinski definition) is 0. The van der Waals surface area contributed by atoms with Crippen LogP contribution in [0.25, 0.3) is 10.8 Å². The van der Waals surface area contributed by atoms with Gasteiger partial charge in [-0.25, -0.2) is 8.42 Å². The molecule has 0 fully saturated rings. The van der Waals surface area contributed by atoms with Gasteiger partial charge in [0.1, 0.15) is 0 Å². The van der Waals surface area contributed by atoms with Gasteiger partial charge in [0.05, 0.1) is 17.5 Å². The monoisotopic (exact) mass is 562 g/mol. The van der Waals surface area contributed by atoms with E-state index in [1.54, 1.807) is 23.5 Å². The highest BCUT2D eigenvalue weighted by molar-refractivity contribution is 7.89. The fraction of sp³-hybridized carbons (Fsp3) is 0.323. The summed E-state index contributed by atoms with van der Waals surface area (Å²) in [4.78, 5) is 17.3. The third kappa shape index (κ3) is 5.79. The molecule has 1 aromatic heterocycles. The van der Waals surface area contributed by atoms with Crippen molar-refractivity contribution >= 4 is 38.0 Å². The number of thiophene rings is 1. The van der Waals surface area contributed by atoms with Gasteiger partial charge in [-0.1, -0.05) is 54.6 Å². The smallest absolute Gasteiger partial charge is 0.243 e. The predicted molar refractivity (Wildman–Crippen MR) is 157 cm³/mol. The van der Waals surface area contributed by atoms with Crippen molar-refractivity contribution in [2.75, 3.05) is 32.8 Å². The zero-order valence-corrected chi connectivity index (χ0v) is 24.0. The van der Waals surface area contributed by atoms with Crippen LogP contribution in [0.2, 0.25) is 0 Å². The lowest BCUT2D eigenvalue weighted by atomic mass is 9.90. The summed E-state index contributed by atoms with van der Waals surface area (Å²) >= 11 is 1.72. The van der Waals surface area contributed by atoms with Crippen LogP contribution in [0.5, 0.6) is 0 Å². The topological polar surface area (TPSA) is 66.9 Å². The number of sulfonamides is 1. The highest BCUT2D eigenvalue weighted by Crippen LogP contribution is 2.39. The van der Waals surface area contributed by atoms with Crippen molar-refractivity contribution in [1.29, 1.82) is 0 Å². The van der Waals surface area contributed by atoms with E-state index >= 15 is 0 Å². The summed E-state index contributed by atoms with van der Waals surface area (Å²) in [5.74, 6) is -0.194. The van der Waals surface area contributed by atoms with Gasteiger partial charge in [0.15, 0.2) is 0 Å². The van der Waals surface area contributed by atoms with Crippen LogP contribution in [-0.2, 0) is 26.0 Å². The molecule has 0 bridgehead atoms. The standard InChI is InChI=1S/C31H34N2O4S2/c1-3-37-19-8-17-32(39(35,36)26-14-13-24-10-5-6-11-25(24)21-26)22-30(34)33-18-15-29-28(16-20-38-29)31(33)27-12-7-4-9-23(27)2/h4-7,9-14,16,20-21,31H,3,8,15,17-19,22H2,1-2H3. The molecule has 0 N–H and O–H groups in total. The summed E-state index contributed by atoms with van der Waals surface area (Å²) in [6.45, 7) is 5.49. The first-order valence-corrected chi connectivity index (χ1v) is 15.7. The van der Waals surface area contributed by atoms with Crippen LogP contribution in [0, 0.1) is 6.92 Å². The largest absolute Gasteiger partial charge is 0.382 e. The van der Waals surface area contributed by atoms with Gasteiger partial charge in [0.25, 0.3) is 0 Å². The summed E-state index contributed by atoms with van der Waals surface area (Å²) < 4.78 is 34.7. The van der Waals surface area contributed by atoms with Crippen molar-refractivity contribution in [2.45, 2.75) is 37.6 Å². The molecular weight excluding hydrogens is 528 g/mol. The first-order valence-electron chi connectivity index (χ1n) is 13.4. The molecule has 1 amide bonds. The number of carbonyl (C=O) groups excluding carboxylic acids is 1.